The first-order valence-corrected chi connectivity index (χ1v) is 13.7. The van der Waals surface area contributed by atoms with Gasteiger partial charge in [0, 0.05) is 42.0 Å². The summed E-state index contributed by atoms with van der Waals surface area (Å²) in [4.78, 5) is 34.8. The second-order valence-corrected chi connectivity index (χ2v) is 10.4. The highest BCUT2D eigenvalue weighted by atomic mass is 19.4. The Morgan fingerprint density at radius 2 is 1.64 bits per heavy atom. The number of alkyl halides is 3. The van der Waals surface area contributed by atoms with Crippen LogP contribution in [0.25, 0.3) is 33.4 Å². The smallest absolute Gasteiger partial charge is 0.422 e. The molecular formula is C32H23F5N4O4. The van der Waals surface area contributed by atoms with Crippen molar-refractivity contribution >= 4 is 22.8 Å². The predicted molar refractivity (Wildman–Crippen MR) is 152 cm³/mol. The Hall–Kier alpha value is -5.33. The zero-order chi connectivity index (χ0) is 31.9. The number of benzene rings is 3. The molecule has 5 aromatic rings. The van der Waals surface area contributed by atoms with Gasteiger partial charge < -0.3 is 19.8 Å². The van der Waals surface area contributed by atoms with Gasteiger partial charge in [0.25, 0.3) is 11.8 Å². The van der Waals surface area contributed by atoms with E-state index in [1.807, 2.05) is 0 Å². The second-order valence-electron chi connectivity index (χ2n) is 10.4. The van der Waals surface area contributed by atoms with Crippen LogP contribution in [-0.4, -0.2) is 41.6 Å². The normalized spacial score (nSPS) is 13.8. The van der Waals surface area contributed by atoms with E-state index in [0.717, 1.165) is 6.07 Å². The third kappa shape index (κ3) is 5.93. The van der Waals surface area contributed by atoms with Gasteiger partial charge >= 0.3 is 6.18 Å². The first kappa shape index (κ1) is 29.7. The van der Waals surface area contributed by atoms with Crippen LogP contribution in [0.3, 0.4) is 0 Å². The van der Waals surface area contributed by atoms with Gasteiger partial charge in [0.2, 0.25) is 0 Å². The number of rotatable bonds is 8. The molecule has 0 radical (unpaired) electrons. The molecule has 1 aliphatic carbocycles. The quantitative estimate of drug-likeness (QED) is 0.190. The number of nitrogens with zero attached hydrogens (tertiary/aromatic N) is 2. The molecule has 0 unspecified atom stereocenters. The maximum absolute atomic E-state index is 15.1. The van der Waals surface area contributed by atoms with Gasteiger partial charge in [-0.1, -0.05) is 6.07 Å². The Morgan fingerprint density at radius 1 is 0.956 bits per heavy atom. The van der Waals surface area contributed by atoms with Crippen LogP contribution in [0.15, 0.2) is 77.5 Å². The molecule has 230 valence electrons. The van der Waals surface area contributed by atoms with Gasteiger partial charge in [-0.25, -0.2) is 18.7 Å². The van der Waals surface area contributed by atoms with Gasteiger partial charge in [-0.15, -0.1) is 0 Å². The number of hydrogen-bond acceptors (Lipinski definition) is 6. The molecule has 0 aliphatic heterocycles. The van der Waals surface area contributed by atoms with Crippen LogP contribution in [0.1, 0.15) is 39.4 Å². The number of fused-ring (bicyclic) bond motifs is 1. The topological polar surface area (TPSA) is 106 Å². The lowest BCUT2D eigenvalue weighted by molar-refractivity contribution is -0.153. The number of ether oxygens (including phenoxy) is 1. The molecule has 6 rings (SSSR count). The minimum absolute atomic E-state index is 0.00691. The van der Waals surface area contributed by atoms with Crippen molar-refractivity contribution in [3.63, 3.8) is 0 Å². The van der Waals surface area contributed by atoms with E-state index < -0.39 is 41.8 Å². The van der Waals surface area contributed by atoms with E-state index >= 15 is 4.39 Å². The van der Waals surface area contributed by atoms with Crippen molar-refractivity contribution in [1.29, 1.82) is 0 Å². The van der Waals surface area contributed by atoms with E-state index in [-0.39, 0.29) is 44.7 Å². The summed E-state index contributed by atoms with van der Waals surface area (Å²) >= 11 is 0. The number of amides is 2. The van der Waals surface area contributed by atoms with E-state index in [0.29, 0.717) is 24.2 Å². The van der Waals surface area contributed by atoms with Crippen molar-refractivity contribution in [2.45, 2.75) is 24.6 Å². The molecule has 0 atom stereocenters. The molecule has 2 heterocycles. The van der Waals surface area contributed by atoms with Gasteiger partial charge in [0.05, 0.1) is 11.1 Å². The van der Waals surface area contributed by atoms with Crippen molar-refractivity contribution in [2.75, 3.05) is 13.7 Å². The Kier molecular flexibility index (Phi) is 7.47. The van der Waals surface area contributed by atoms with Crippen LogP contribution in [-0.2, 0) is 5.54 Å². The summed E-state index contributed by atoms with van der Waals surface area (Å²) in [7, 11) is 1.38. The van der Waals surface area contributed by atoms with Crippen molar-refractivity contribution in [3.8, 4) is 28.2 Å². The monoisotopic (exact) mass is 622 g/mol. The van der Waals surface area contributed by atoms with Crippen molar-refractivity contribution < 1.29 is 40.7 Å². The average molecular weight is 623 g/mol. The molecule has 2 amide bonds. The number of halogens is 5. The number of aromatic nitrogens is 2. The molecule has 0 saturated heterocycles. The van der Waals surface area contributed by atoms with Crippen molar-refractivity contribution in [3.05, 3.63) is 102 Å². The van der Waals surface area contributed by atoms with Crippen LogP contribution in [0, 0.1) is 11.6 Å². The third-order valence-electron chi connectivity index (χ3n) is 7.36. The summed E-state index contributed by atoms with van der Waals surface area (Å²) in [6, 6.07) is 12.8. The summed E-state index contributed by atoms with van der Waals surface area (Å²) < 4.78 is 79.5. The fourth-order valence-corrected chi connectivity index (χ4v) is 5.01. The standard InChI is InChI=1S/C32H23F5N4O4/c1-38-29(43)26-22-14-20(24(44-16-32(35,36)37)15-25(22)45-27(26)17-3-6-19(33)7-4-17)18-5-8-23(34)21(13-18)28(42)41-31(9-10-31)30-39-11-2-12-40-30/h2-8,11-15H,9-10,16H2,1H3,(H,38,43)(H,41,42). The average Bonchev–Trinajstić information content (AvgIpc) is 3.71. The molecule has 0 spiro atoms. The van der Waals surface area contributed by atoms with E-state index in [9.17, 15) is 27.2 Å². The van der Waals surface area contributed by atoms with Gasteiger partial charge in [-0.3, -0.25) is 9.59 Å². The Bertz CT molecular complexity index is 1920. The van der Waals surface area contributed by atoms with Gasteiger partial charge in [-0.05, 0) is 66.9 Å². The van der Waals surface area contributed by atoms with E-state index in [2.05, 4.69) is 20.6 Å². The highest BCUT2D eigenvalue weighted by molar-refractivity contribution is 6.12. The summed E-state index contributed by atoms with van der Waals surface area (Å²) in [5.41, 5.74) is -0.700. The zero-order valence-electron chi connectivity index (χ0n) is 23.5. The lowest BCUT2D eigenvalue weighted by Gasteiger charge is -2.17. The fraction of sp³-hybridized carbons (Fsp3) is 0.188. The van der Waals surface area contributed by atoms with E-state index in [1.165, 1.54) is 68.0 Å². The molecule has 45 heavy (non-hydrogen) atoms. The second kappa shape index (κ2) is 11.3. The highest BCUT2D eigenvalue weighted by Crippen LogP contribution is 2.44. The van der Waals surface area contributed by atoms with Crippen LogP contribution < -0.4 is 15.4 Å². The number of carbonyl (C=O) groups excluding carboxylic acids is 2. The maximum atomic E-state index is 15.1. The molecule has 1 aliphatic rings. The van der Waals surface area contributed by atoms with E-state index in [4.69, 9.17) is 9.15 Å². The van der Waals surface area contributed by atoms with Crippen LogP contribution in [0.5, 0.6) is 5.75 Å². The summed E-state index contributed by atoms with van der Waals surface area (Å²) in [5.74, 6) is -2.63. The molecule has 8 nitrogen and oxygen atoms in total. The van der Waals surface area contributed by atoms with Crippen molar-refractivity contribution in [2.24, 2.45) is 0 Å². The first-order chi connectivity index (χ1) is 21.5. The molecule has 0 bridgehead atoms. The van der Waals surface area contributed by atoms with Crippen LogP contribution >= 0.6 is 0 Å². The lowest BCUT2D eigenvalue weighted by Crippen LogP contribution is -2.36. The maximum Gasteiger partial charge on any atom is 0.422 e. The molecular weight excluding hydrogens is 599 g/mol. The number of furan rings is 1. The Balaban J connectivity index is 1.47. The first-order valence-electron chi connectivity index (χ1n) is 13.7. The fourth-order valence-electron chi connectivity index (χ4n) is 5.01. The van der Waals surface area contributed by atoms with Gasteiger partial charge in [0.15, 0.2) is 12.4 Å². The van der Waals surface area contributed by atoms with Crippen LogP contribution in [0.2, 0.25) is 0 Å². The Labute approximate surface area is 252 Å². The number of carbonyl (C=O) groups is 2. The number of hydrogen-bond donors (Lipinski definition) is 2. The molecule has 1 fully saturated rings. The molecule has 13 heteroatoms. The summed E-state index contributed by atoms with van der Waals surface area (Å²) in [6.45, 7) is -1.66. The lowest BCUT2D eigenvalue weighted by atomic mass is 9.97. The van der Waals surface area contributed by atoms with Gasteiger partial charge in [-0.2, -0.15) is 13.2 Å². The molecule has 2 N–H and O–H groups in total. The van der Waals surface area contributed by atoms with Gasteiger partial charge in [0.1, 0.15) is 34.3 Å². The predicted octanol–water partition coefficient (Wildman–Crippen LogP) is 6.55. The SMILES string of the molecule is CNC(=O)c1c(-c2ccc(F)cc2)oc2cc(OCC(F)(F)F)c(-c3ccc(F)c(C(=O)NC4(c5ncccn5)CC4)c3)cc12. The van der Waals surface area contributed by atoms with Crippen molar-refractivity contribution in [1.82, 2.24) is 20.6 Å². The number of nitrogens with one attached hydrogen (secondary N) is 2. The van der Waals surface area contributed by atoms with E-state index in [1.54, 1.807) is 6.07 Å². The minimum Gasteiger partial charge on any atom is -0.483 e. The third-order valence-corrected chi connectivity index (χ3v) is 7.36. The zero-order valence-corrected chi connectivity index (χ0v) is 23.5. The largest absolute Gasteiger partial charge is 0.483 e. The van der Waals surface area contributed by atoms with Crippen LogP contribution in [0.4, 0.5) is 22.0 Å². The Morgan fingerprint density at radius 3 is 2.29 bits per heavy atom. The molecule has 1 saturated carbocycles. The minimum atomic E-state index is -4.70. The highest BCUT2D eigenvalue weighted by Gasteiger charge is 2.48. The summed E-state index contributed by atoms with van der Waals surface area (Å²) in [6.07, 6.45) is -0.573. The molecule has 3 aromatic carbocycles. The summed E-state index contributed by atoms with van der Waals surface area (Å²) in [5, 5.41) is 5.49. The molecule has 2 aromatic heterocycles.